The first-order chi connectivity index (χ1) is 9.69. The topological polar surface area (TPSA) is 46.3 Å². The zero-order chi connectivity index (χ0) is 14.5. The average molecular weight is 294 g/mol. The summed E-state index contributed by atoms with van der Waals surface area (Å²) < 4.78 is 0. The van der Waals surface area contributed by atoms with Crippen molar-refractivity contribution in [3.63, 3.8) is 0 Å². The number of rotatable bonds is 5. The lowest BCUT2D eigenvalue weighted by Gasteiger charge is -2.22. The predicted octanol–water partition coefficient (Wildman–Crippen LogP) is 3.86. The van der Waals surface area contributed by atoms with Gasteiger partial charge in [-0.3, -0.25) is 4.79 Å². The first-order valence-corrected chi connectivity index (χ1v) is 8.69. The van der Waals surface area contributed by atoms with Gasteiger partial charge in [0.05, 0.1) is 10.6 Å². The maximum atomic E-state index is 12.8. The van der Waals surface area contributed by atoms with Gasteiger partial charge in [0.1, 0.15) is 0 Å². The first kappa shape index (κ1) is 15.4. The number of anilines is 1. The number of hydrogen-bond acceptors (Lipinski definition) is 3. The number of carbonyl (C=O) groups is 1. The SMILES string of the molecule is CCCN(CCC)C(=O)c1c(N)sc2c1CCCCC2. The summed E-state index contributed by atoms with van der Waals surface area (Å²) in [6.07, 6.45) is 7.80. The Balaban J connectivity index is 2.30. The summed E-state index contributed by atoms with van der Waals surface area (Å²) >= 11 is 1.64. The molecule has 1 aliphatic rings. The van der Waals surface area contributed by atoms with Gasteiger partial charge in [0, 0.05) is 18.0 Å². The standard InChI is InChI=1S/C16H26N2OS/c1-3-10-18(11-4-2)16(19)14-12-8-6-5-7-9-13(12)20-15(14)17/h3-11,17H2,1-2H3. The van der Waals surface area contributed by atoms with Gasteiger partial charge in [-0.1, -0.05) is 20.3 Å². The van der Waals surface area contributed by atoms with Gasteiger partial charge in [-0.2, -0.15) is 0 Å². The van der Waals surface area contributed by atoms with Crippen LogP contribution in [-0.2, 0) is 12.8 Å². The lowest BCUT2D eigenvalue weighted by atomic mass is 10.0. The second-order valence-corrected chi connectivity index (χ2v) is 6.73. The monoisotopic (exact) mass is 294 g/mol. The Morgan fingerprint density at radius 2 is 1.80 bits per heavy atom. The van der Waals surface area contributed by atoms with Crippen LogP contribution in [0.25, 0.3) is 0 Å². The molecule has 1 aromatic heterocycles. The molecule has 1 aromatic rings. The van der Waals surface area contributed by atoms with Gasteiger partial charge in [0.15, 0.2) is 0 Å². The van der Waals surface area contributed by atoms with Crippen LogP contribution in [-0.4, -0.2) is 23.9 Å². The molecule has 0 spiro atoms. The van der Waals surface area contributed by atoms with E-state index in [0.717, 1.165) is 49.3 Å². The fraction of sp³-hybridized carbons (Fsp3) is 0.688. The van der Waals surface area contributed by atoms with E-state index < -0.39 is 0 Å². The highest BCUT2D eigenvalue weighted by Crippen LogP contribution is 2.36. The minimum absolute atomic E-state index is 0.158. The molecule has 4 heteroatoms. The lowest BCUT2D eigenvalue weighted by Crippen LogP contribution is -2.33. The van der Waals surface area contributed by atoms with Crippen molar-refractivity contribution in [1.82, 2.24) is 4.90 Å². The average Bonchev–Trinajstić information content (AvgIpc) is 2.60. The van der Waals surface area contributed by atoms with Crippen molar-refractivity contribution < 1.29 is 4.79 Å². The molecule has 1 aliphatic carbocycles. The van der Waals surface area contributed by atoms with Crippen LogP contribution in [0, 0.1) is 0 Å². The predicted molar refractivity (Wildman–Crippen MR) is 86.5 cm³/mol. The van der Waals surface area contributed by atoms with Gasteiger partial charge in [0.25, 0.3) is 5.91 Å². The molecule has 1 heterocycles. The fourth-order valence-electron chi connectivity index (χ4n) is 3.01. The van der Waals surface area contributed by atoms with Crippen LogP contribution in [0.2, 0.25) is 0 Å². The summed E-state index contributed by atoms with van der Waals surface area (Å²) in [5.41, 5.74) is 8.26. The molecule has 0 saturated heterocycles. The number of thiophene rings is 1. The molecule has 0 radical (unpaired) electrons. The van der Waals surface area contributed by atoms with E-state index in [-0.39, 0.29) is 5.91 Å². The molecule has 1 amide bonds. The van der Waals surface area contributed by atoms with Crippen LogP contribution in [0.15, 0.2) is 0 Å². The highest BCUT2D eigenvalue weighted by atomic mass is 32.1. The third-order valence-electron chi connectivity index (χ3n) is 3.94. The van der Waals surface area contributed by atoms with Crippen LogP contribution in [0.4, 0.5) is 5.00 Å². The van der Waals surface area contributed by atoms with Gasteiger partial charge in [-0.05, 0) is 44.1 Å². The van der Waals surface area contributed by atoms with Gasteiger partial charge in [-0.25, -0.2) is 0 Å². The maximum absolute atomic E-state index is 12.8. The molecule has 3 nitrogen and oxygen atoms in total. The van der Waals surface area contributed by atoms with E-state index >= 15 is 0 Å². The van der Waals surface area contributed by atoms with Crippen molar-refractivity contribution in [2.75, 3.05) is 18.8 Å². The molecule has 0 saturated carbocycles. The maximum Gasteiger partial charge on any atom is 0.257 e. The van der Waals surface area contributed by atoms with E-state index in [9.17, 15) is 4.79 Å². The molecule has 0 fully saturated rings. The van der Waals surface area contributed by atoms with Crippen LogP contribution >= 0.6 is 11.3 Å². The number of fused-ring (bicyclic) bond motifs is 1. The minimum atomic E-state index is 0.158. The van der Waals surface area contributed by atoms with Crippen LogP contribution in [0.5, 0.6) is 0 Å². The molecule has 0 aliphatic heterocycles. The second kappa shape index (κ2) is 7.11. The van der Waals surface area contributed by atoms with Crippen LogP contribution in [0.3, 0.4) is 0 Å². The van der Waals surface area contributed by atoms with Gasteiger partial charge >= 0.3 is 0 Å². The van der Waals surface area contributed by atoms with E-state index in [1.807, 2.05) is 4.90 Å². The van der Waals surface area contributed by atoms with Crippen LogP contribution < -0.4 is 5.73 Å². The summed E-state index contributed by atoms with van der Waals surface area (Å²) in [5, 5.41) is 0.735. The number of aryl methyl sites for hydroxylation is 1. The summed E-state index contributed by atoms with van der Waals surface area (Å²) in [7, 11) is 0. The summed E-state index contributed by atoms with van der Waals surface area (Å²) in [4.78, 5) is 16.2. The first-order valence-electron chi connectivity index (χ1n) is 7.88. The van der Waals surface area contributed by atoms with E-state index in [0.29, 0.717) is 0 Å². The molecule has 0 aromatic carbocycles. The zero-order valence-electron chi connectivity index (χ0n) is 12.7. The smallest absolute Gasteiger partial charge is 0.257 e. The van der Waals surface area contributed by atoms with Crippen molar-refractivity contribution in [3.05, 3.63) is 16.0 Å². The molecular formula is C16H26N2OS. The van der Waals surface area contributed by atoms with Gasteiger partial charge < -0.3 is 10.6 Å². The molecule has 0 bridgehead atoms. The highest BCUT2D eigenvalue weighted by Gasteiger charge is 2.26. The van der Waals surface area contributed by atoms with Crippen molar-refractivity contribution >= 4 is 22.2 Å². The molecule has 0 atom stereocenters. The minimum Gasteiger partial charge on any atom is -0.390 e. The summed E-state index contributed by atoms with van der Waals surface area (Å²) in [6.45, 7) is 5.90. The number of hydrogen-bond donors (Lipinski definition) is 1. The third-order valence-corrected chi connectivity index (χ3v) is 5.06. The van der Waals surface area contributed by atoms with Crippen molar-refractivity contribution in [2.45, 2.75) is 58.8 Å². The summed E-state index contributed by atoms with van der Waals surface area (Å²) in [6, 6.07) is 0. The number of nitrogens with zero attached hydrogens (tertiary/aromatic N) is 1. The Labute approximate surface area is 126 Å². The fourth-order valence-corrected chi connectivity index (χ4v) is 4.16. The molecule has 0 unspecified atom stereocenters. The Kier molecular flexibility index (Phi) is 5.46. The zero-order valence-corrected chi connectivity index (χ0v) is 13.5. The molecule has 20 heavy (non-hydrogen) atoms. The highest BCUT2D eigenvalue weighted by molar-refractivity contribution is 7.16. The van der Waals surface area contributed by atoms with E-state index in [1.165, 1.54) is 29.7 Å². The number of nitrogen functional groups attached to an aromatic ring is 1. The molecule has 112 valence electrons. The van der Waals surface area contributed by atoms with E-state index in [2.05, 4.69) is 13.8 Å². The second-order valence-electron chi connectivity index (χ2n) is 5.60. The number of nitrogens with two attached hydrogens (primary N) is 1. The van der Waals surface area contributed by atoms with Gasteiger partial charge in [0.2, 0.25) is 0 Å². The van der Waals surface area contributed by atoms with Crippen LogP contribution in [0.1, 0.15) is 66.8 Å². The van der Waals surface area contributed by atoms with Gasteiger partial charge in [-0.15, -0.1) is 11.3 Å². The lowest BCUT2D eigenvalue weighted by molar-refractivity contribution is 0.0756. The largest absolute Gasteiger partial charge is 0.390 e. The van der Waals surface area contributed by atoms with E-state index in [1.54, 1.807) is 11.3 Å². The number of amides is 1. The summed E-state index contributed by atoms with van der Waals surface area (Å²) in [5.74, 6) is 0.158. The molecule has 2 N–H and O–H groups in total. The van der Waals surface area contributed by atoms with Crippen molar-refractivity contribution in [2.24, 2.45) is 0 Å². The number of carbonyl (C=O) groups excluding carboxylic acids is 1. The van der Waals surface area contributed by atoms with Crippen molar-refractivity contribution in [1.29, 1.82) is 0 Å². The Bertz CT molecular complexity index is 461. The van der Waals surface area contributed by atoms with E-state index in [4.69, 9.17) is 5.73 Å². The molecule has 2 rings (SSSR count). The normalized spacial score (nSPS) is 14.7. The molecular weight excluding hydrogens is 268 g/mol. The quantitative estimate of drug-likeness (QED) is 0.838. The Hall–Kier alpha value is -1.03. The Morgan fingerprint density at radius 1 is 1.15 bits per heavy atom. The van der Waals surface area contributed by atoms with Crippen molar-refractivity contribution in [3.8, 4) is 0 Å². The third kappa shape index (κ3) is 3.17. The Morgan fingerprint density at radius 3 is 2.45 bits per heavy atom.